The van der Waals surface area contributed by atoms with E-state index in [0.717, 1.165) is 19.1 Å². The van der Waals surface area contributed by atoms with E-state index in [-0.39, 0.29) is 22.8 Å². The molecule has 3 aromatic rings. The van der Waals surface area contributed by atoms with Crippen molar-refractivity contribution in [2.75, 3.05) is 16.9 Å². The van der Waals surface area contributed by atoms with Gasteiger partial charge in [0.15, 0.2) is 20.5 Å². The molecule has 4 rings (SSSR count). The molecule has 0 unspecified atom stereocenters. The fourth-order valence-corrected chi connectivity index (χ4v) is 3.24. The molecule has 1 aromatic carbocycles. The van der Waals surface area contributed by atoms with Crippen LogP contribution in [0.4, 0.5) is 17.5 Å². The van der Waals surface area contributed by atoms with Gasteiger partial charge in [-0.25, -0.2) is 8.42 Å². The Labute approximate surface area is 143 Å². The lowest BCUT2D eigenvalue weighted by Crippen LogP contribution is -2.08. The predicted octanol–water partition coefficient (Wildman–Crippen LogP) is 1.78. The smallest absolute Gasteiger partial charge is 0.231 e. The third kappa shape index (κ3) is 3.20. The van der Waals surface area contributed by atoms with E-state index in [1.807, 2.05) is 0 Å². The van der Waals surface area contributed by atoms with E-state index in [1.165, 1.54) is 6.07 Å². The van der Waals surface area contributed by atoms with Crippen LogP contribution in [-0.4, -0.2) is 46.0 Å². The quantitative estimate of drug-likeness (QED) is 0.541. The highest BCUT2D eigenvalue weighted by Crippen LogP contribution is 2.32. The summed E-state index contributed by atoms with van der Waals surface area (Å²) < 4.78 is 23.9. The van der Waals surface area contributed by atoms with Gasteiger partial charge in [0, 0.05) is 24.1 Å². The Hall–Kier alpha value is -2.88. The number of H-pyrrole nitrogens is 1. The molecule has 1 aliphatic rings. The fourth-order valence-electron chi connectivity index (χ4n) is 2.47. The number of anilines is 3. The minimum atomic E-state index is -3.52. The summed E-state index contributed by atoms with van der Waals surface area (Å²) >= 11 is 0. The lowest BCUT2D eigenvalue weighted by molar-refractivity contribution is 0.475. The predicted molar refractivity (Wildman–Crippen MR) is 92.8 cm³/mol. The Kier molecular flexibility index (Phi) is 3.49. The number of fused-ring (bicyclic) bond motifs is 1. The van der Waals surface area contributed by atoms with Gasteiger partial charge in [-0.2, -0.15) is 15.1 Å². The number of aromatic hydroxyl groups is 1. The van der Waals surface area contributed by atoms with Gasteiger partial charge in [0.1, 0.15) is 17.0 Å². The van der Waals surface area contributed by atoms with E-state index in [2.05, 4.69) is 30.8 Å². The van der Waals surface area contributed by atoms with Gasteiger partial charge < -0.3 is 15.7 Å². The molecule has 0 aliphatic heterocycles. The number of phenolic OH excluding ortho intramolecular Hbond substituents is 1. The molecule has 2 aromatic heterocycles. The number of nitrogens with one attached hydrogen (secondary N) is 3. The van der Waals surface area contributed by atoms with Gasteiger partial charge in [-0.3, -0.25) is 5.10 Å². The van der Waals surface area contributed by atoms with E-state index in [9.17, 15) is 13.5 Å². The van der Waals surface area contributed by atoms with Gasteiger partial charge in [-0.1, -0.05) is 6.07 Å². The maximum Gasteiger partial charge on any atom is 0.231 e. The number of benzene rings is 1. The van der Waals surface area contributed by atoms with Crippen molar-refractivity contribution in [3.63, 3.8) is 0 Å². The Morgan fingerprint density at radius 1 is 1.28 bits per heavy atom. The molecule has 0 bridgehead atoms. The molecule has 4 N–H and O–H groups in total. The molecule has 25 heavy (non-hydrogen) atoms. The summed E-state index contributed by atoms with van der Waals surface area (Å²) in [7, 11) is -3.52. The first kappa shape index (κ1) is 15.6. The molecule has 130 valence electrons. The molecule has 10 heteroatoms. The summed E-state index contributed by atoms with van der Waals surface area (Å²) in [4.78, 5) is 8.71. The van der Waals surface area contributed by atoms with E-state index in [1.54, 1.807) is 18.2 Å². The zero-order valence-electron chi connectivity index (χ0n) is 13.3. The van der Waals surface area contributed by atoms with E-state index >= 15 is 0 Å². The highest BCUT2D eigenvalue weighted by molar-refractivity contribution is 7.90. The van der Waals surface area contributed by atoms with Gasteiger partial charge in [-0.05, 0) is 25.0 Å². The van der Waals surface area contributed by atoms with Crippen LogP contribution < -0.4 is 10.6 Å². The second kappa shape index (κ2) is 5.59. The van der Waals surface area contributed by atoms with E-state index < -0.39 is 9.84 Å². The minimum Gasteiger partial charge on any atom is -0.508 e. The fraction of sp³-hybridized carbons (Fsp3) is 0.267. The third-order valence-electron chi connectivity index (χ3n) is 3.76. The maximum atomic E-state index is 12.0. The number of aromatic nitrogens is 4. The monoisotopic (exact) mass is 360 g/mol. The van der Waals surface area contributed by atoms with Crippen LogP contribution in [-0.2, 0) is 9.84 Å². The molecule has 0 amide bonds. The molecule has 2 heterocycles. The number of aromatic amines is 1. The van der Waals surface area contributed by atoms with Crippen molar-refractivity contribution >= 4 is 38.3 Å². The number of nitrogens with zero attached hydrogens (tertiary/aromatic N) is 3. The highest BCUT2D eigenvalue weighted by atomic mass is 32.2. The standard InChI is InChI=1S/C15H16N6O3S/c1-25(23,24)14-11-12(16-8-5-6-8)18-15(19-13(11)20-21-14)17-9-3-2-4-10(22)7-9/h2-4,7-8,22H,5-6H2,1H3,(H3,16,17,18,19,20,21). The number of hydrogen-bond donors (Lipinski definition) is 4. The lowest BCUT2D eigenvalue weighted by Gasteiger charge is -2.10. The SMILES string of the molecule is CS(=O)(=O)c1n[nH]c2nc(Nc3cccc(O)c3)nc(NC3CC3)c12. The zero-order valence-corrected chi connectivity index (χ0v) is 14.1. The molecule has 0 saturated heterocycles. The van der Waals surface area contributed by atoms with E-state index in [4.69, 9.17) is 0 Å². The Morgan fingerprint density at radius 2 is 2.08 bits per heavy atom. The maximum absolute atomic E-state index is 12.0. The summed E-state index contributed by atoms with van der Waals surface area (Å²) in [5.74, 6) is 0.803. The molecule has 9 nitrogen and oxygen atoms in total. The zero-order chi connectivity index (χ0) is 17.6. The molecule has 0 radical (unpaired) electrons. The first-order chi connectivity index (χ1) is 11.9. The van der Waals surface area contributed by atoms with Crippen LogP contribution in [0.2, 0.25) is 0 Å². The first-order valence-corrected chi connectivity index (χ1v) is 9.58. The van der Waals surface area contributed by atoms with Gasteiger partial charge in [0.05, 0.1) is 0 Å². The Morgan fingerprint density at radius 3 is 2.76 bits per heavy atom. The van der Waals surface area contributed by atoms with Gasteiger partial charge in [-0.15, -0.1) is 0 Å². The van der Waals surface area contributed by atoms with Crippen LogP contribution in [0.25, 0.3) is 11.0 Å². The van der Waals surface area contributed by atoms with Crippen LogP contribution in [0.5, 0.6) is 5.75 Å². The Balaban J connectivity index is 1.81. The number of phenols is 1. The number of rotatable bonds is 5. The van der Waals surface area contributed by atoms with Crippen LogP contribution in [0.3, 0.4) is 0 Å². The summed E-state index contributed by atoms with van der Waals surface area (Å²) in [5, 5.41) is 22.6. The average Bonchev–Trinajstić information content (AvgIpc) is 3.21. The summed E-state index contributed by atoms with van der Waals surface area (Å²) in [6, 6.07) is 6.82. The van der Waals surface area contributed by atoms with Crippen LogP contribution >= 0.6 is 0 Å². The highest BCUT2D eigenvalue weighted by Gasteiger charge is 2.27. The second-order valence-electron chi connectivity index (χ2n) is 6.01. The normalized spacial score (nSPS) is 14.6. The molecule has 0 atom stereocenters. The molecular weight excluding hydrogens is 344 g/mol. The number of hydrogen-bond acceptors (Lipinski definition) is 8. The van der Waals surface area contributed by atoms with Crippen molar-refractivity contribution in [3.05, 3.63) is 24.3 Å². The summed E-state index contributed by atoms with van der Waals surface area (Å²) in [6.45, 7) is 0. The average molecular weight is 360 g/mol. The van der Waals surface area contributed by atoms with Crippen LogP contribution in [0.15, 0.2) is 29.3 Å². The minimum absolute atomic E-state index is 0.0745. The van der Waals surface area contributed by atoms with Crippen LogP contribution in [0, 0.1) is 0 Å². The van der Waals surface area contributed by atoms with Crippen molar-refractivity contribution < 1.29 is 13.5 Å². The molecule has 1 fully saturated rings. The van der Waals surface area contributed by atoms with Crippen molar-refractivity contribution in [2.45, 2.75) is 23.9 Å². The third-order valence-corrected chi connectivity index (χ3v) is 4.76. The second-order valence-corrected chi connectivity index (χ2v) is 7.95. The Bertz CT molecular complexity index is 1060. The molecule has 0 spiro atoms. The molecular formula is C15H16N6O3S. The molecule has 1 aliphatic carbocycles. The summed E-state index contributed by atoms with van der Waals surface area (Å²) in [6.07, 6.45) is 3.11. The van der Waals surface area contributed by atoms with Gasteiger partial charge in [0.2, 0.25) is 5.95 Å². The molecule has 1 saturated carbocycles. The first-order valence-electron chi connectivity index (χ1n) is 7.69. The lowest BCUT2D eigenvalue weighted by atomic mass is 10.3. The van der Waals surface area contributed by atoms with Crippen molar-refractivity contribution in [2.24, 2.45) is 0 Å². The van der Waals surface area contributed by atoms with Gasteiger partial charge >= 0.3 is 0 Å². The largest absolute Gasteiger partial charge is 0.508 e. The van der Waals surface area contributed by atoms with Crippen molar-refractivity contribution in [3.8, 4) is 5.75 Å². The van der Waals surface area contributed by atoms with Crippen molar-refractivity contribution in [1.29, 1.82) is 0 Å². The summed E-state index contributed by atoms with van der Waals surface area (Å²) in [5.41, 5.74) is 0.931. The van der Waals surface area contributed by atoms with Crippen LogP contribution in [0.1, 0.15) is 12.8 Å². The van der Waals surface area contributed by atoms with Crippen molar-refractivity contribution in [1.82, 2.24) is 20.2 Å². The number of sulfone groups is 1. The van der Waals surface area contributed by atoms with E-state index in [0.29, 0.717) is 22.5 Å². The topological polar surface area (TPSA) is 133 Å². The van der Waals surface area contributed by atoms with Gasteiger partial charge in [0.25, 0.3) is 0 Å².